The minimum absolute atomic E-state index is 0.127. The fourth-order valence-electron chi connectivity index (χ4n) is 2.82. The molecular formula is C15H17BrF2N2O. The van der Waals surface area contributed by atoms with Crippen LogP contribution in [-0.4, -0.2) is 36.0 Å². The molecule has 1 amide bonds. The maximum Gasteiger partial charge on any atom is 0.260 e. The number of carbonyl (C=O) groups excluding carboxylic acids is 1. The van der Waals surface area contributed by atoms with Crippen LogP contribution in [0, 0.1) is 11.6 Å². The predicted octanol–water partition coefficient (Wildman–Crippen LogP) is 3.08. The number of hydrogen-bond acceptors (Lipinski definition) is 2. The summed E-state index contributed by atoms with van der Waals surface area (Å²) in [6.07, 6.45) is 3.91. The summed E-state index contributed by atoms with van der Waals surface area (Å²) in [5.74, 6) is -2.15. The van der Waals surface area contributed by atoms with Gasteiger partial charge in [-0.1, -0.05) is 15.9 Å². The summed E-state index contributed by atoms with van der Waals surface area (Å²) in [7, 11) is 0. The van der Waals surface area contributed by atoms with Crippen LogP contribution in [0.4, 0.5) is 8.78 Å². The number of benzene rings is 1. The standard InChI is InChI=1S/C15H17BrF2N2O/c16-9-6-12(17)14(13(18)7-9)15(21)20(11-3-4-11)8-10-2-1-5-19-10/h6-7,10-11,19H,1-5,8H2. The minimum atomic E-state index is -0.808. The molecule has 1 aromatic rings. The summed E-state index contributed by atoms with van der Waals surface area (Å²) in [4.78, 5) is 14.2. The van der Waals surface area contributed by atoms with E-state index in [-0.39, 0.29) is 12.1 Å². The molecular weight excluding hydrogens is 342 g/mol. The van der Waals surface area contributed by atoms with Gasteiger partial charge in [-0.25, -0.2) is 8.78 Å². The smallest absolute Gasteiger partial charge is 0.260 e. The monoisotopic (exact) mass is 358 g/mol. The maximum absolute atomic E-state index is 14.0. The van der Waals surface area contributed by atoms with E-state index in [4.69, 9.17) is 0 Å². The fourth-order valence-corrected chi connectivity index (χ4v) is 3.23. The normalized spacial score (nSPS) is 21.6. The van der Waals surface area contributed by atoms with Crippen LogP contribution in [0.25, 0.3) is 0 Å². The SMILES string of the molecule is O=C(c1c(F)cc(Br)cc1F)N(CC1CCCN1)C1CC1. The van der Waals surface area contributed by atoms with Gasteiger partial charge in [-0.15, -0.1) is 0 Å². The topological polar surface area (TPSA) is 32.3 Å². The van der Waals surface area contributed by atoms with Gasteiger partial charge in [0.2, 0.25) is 0 Å². The molecule has 1 saturated carbocycles. The second-order valence-electron chi connectivity index (χ2n) is 5.73. The van der Waals surface area contributed by atoms with E-state index in [1.165, 1.54) is 0 Å². The van der Waals surface area contributed by atoms with Crippen LogP contribution >= 0.6 is 15.9 Å². The van der Waals surface area contributed by atoms with Gasteiger partial charge in [0.1, 0.15) is 17.2 Å². The van der Waals surface area contributed by atoms with Crippen LogP contribution in [-0.2, 0) is 0 Å². The minimum Gasteiger partial charge on any atom is -0.334 e. The van der Waals surface area contributed by atoms with E-state index in [1.54, 1.807) is 4.90 Å². The average molecular weight is 359 g/mol. The number of nitrogens with zero attached hydrogens (tertiary/aromatic N) is 1. The first-order chi connectivity index (χ1) is 10.1. The average Bonchev–Trinajstić information content (AvgIpc) is 3.11. The van der Waals surface area contributed by atoms with Gasteiger partial charge in [0, 0.05) is 23.1 Å². The lowest BCUT2D eigenvalue weighted by Gasteiger charge is -2.26. The van der Waals surface area contributed by atoms with Crippen LogP contribution < -0.4 is 5.32 Å². The third kappa shape index (κ3) is 3.26. The van der Waals surface area contributed by atoms with E-state index in [0.717, 1.165) is 44.4 Å². The van der Waals surface area contributed by atoms with Gasteiger partial charge < -0.3 is 10.2 Å². The highest BCUT2D eigenvalue weighted by atomic mass is 79.9. The van der Waals surface area contributed by atoms with E-state index in [0.29, 0.717) is 11.0 Å². The molecule has 0 bridgehead atoms. The van der Waals surface area contributed by atoms with Crippen molar-refractivity contribution in [3.8, 4) is 0 Å². The summed E-state index contributed by atoms with van der Waals surface area (Å²) in [6.45, 7) is 1.47. The Morgan fingerprint density at radius 3 is 2.48 bits per heavy atom. The summed E-state index contributed by atoms with van der Waals surface area (Å²) < 4.78 is 28.3. The Morgan fingerprint density at radius 1 is 1.29 bits per heavy atom. The van der Waals surface area contributed by atoms with Gasteiger partial charge in [0.05, 0.1) is 0 Å². The molecule has 2 fully saturated rings. The highest BCUT2D eigenvalue weighted by molar-refractivity contribution is 9.10. The lowest BCUT2D eigenvalue weighted by Crippen LogP contribution is -2.43. The molecule has 3 nitrogen and oxygen atoms in total. The number of rotatable bonds is 4. The summed E-state index contributed by atoms with van der Waals surface area (Å²) in [5, 5.41) is 3.33. The molecule has 3 rings (SSSR count). The van der Waals surface area contributed by atoms with Crippen LogP contribution in [0.3, 0.4) is 0 Å². The zero-order valence-corrected chi connectivity index (χ0v) is 13.1. The quantitative estimate of drug-likeness (QED) is 0.896. The van der Waals surface area contributed by atoms with Crippen molar-refractivity contribution in [3.05, 3.63) is 33.8 Å². The second kappa shape index (κ2) is 6.01. The van der Waals surface area contributed by atoms with Gasteiger partial charge in [0.25, 0.3) is 5.91 Å². The molecule has 1 atom stereocenters. The Balaban J connectivity index is 1.83. The molecule has 0 aromatic heterocycles. The Bertz CT molecular complexity index is 534. The van der Waals surface area contributed by atoms with Crippen molar-refractivity contribution in [2.45, 2.75) is 37.8 Å². The molecule has 1 aromatic carbocycles. The van der Waals surface area contributed by atoms with E-state index in [1.807, 2.05) is 0 Å². The van der Waals surface area contributed by atoms with Crippen molar-refractivity contribution < 1.29 is 13.6 Å². The molecule has 114 valence electrons. The molecule has 2 aliphatic rings. The molecule has 1 aliphatic heterocycles. The van der Waals surface area contributed by atoms with Crippen LogP contribution in [0.1, 0.15) is 36.0 Å². The van der Waals surface area contributed by atoms with Crippen LogP contribution in [0.2, 0.25) is 0 Å². The van der Waals surface area contributed by atoms with Gasteiger partial charge >= 0.3 is 0 Å². The maximum atomic E-state index is 14.0. The summed E-state index contributed by atoms with van der Waals surface area (Å²) in [6, 6.07) is 2.63. The fraction of sp³-hybridized carbons (Fsp3) is 0.533. The number of amides is 1. The molecule has 1 N–H and O–H groups in total. The number of carbonyl (C=O) groups is 1. The summed E-state index contributed by atoms with van der Waals surface area (Å²) >= 11 is 3.03. The first-order valence-electron chi connectivity index (χ1n) is 7.25. The third-order valence-corrected chi connectivity index (χ3v) is 4.51. The molecule has 0 spiro atoms. The van der Waals surface area contributed by atoms with Gasteiger partial charge in [0.15, 0.2) is 0 Å². The number of nitrogens with one attached hydrogen (secondary N) is 1. The third-order valence-electron chi connectivity index (χ3n) is 4.05. The highest BCUT2D eigenvalue weighted by Crippen LogP contribution is 2.31. The lowest BCUT2D eigenvalue weighted by atomic mass is 10.1. The van der Waals surface area contributed by atoms with Crippen molar-refractivity contribution in [2.75, 3.05) is 13.1 Å². The predicted molar refractivity (Wildman–Crippen MR) is 79.1 cm³/mol. The first-order valence-corrected chi connectivity index (χ1v) is 8.04. The Labute approximate surface area is 130 Å². The van der Waals surface area contributed by atoms with Gasteiger partial charge in [-0.3, -0.25) is 4.79 Å². The lowest BCUT2D eigenvalue weighted by molar-refractivity contribution is 0.0718. The van der Waals surface area contributed by atoms with Crippen LogP contribution in [0.5, 0.6) is 0 Å². The van der Waals surface area contributed by atoms with E-state index >= 15 is 0 Å². The zero-order chi connectivity index (χ0) is 15.0. The van der Waals surface area contributed by atoms with Crippen molar-refractivity contribution >= 4 is 21.8 Å². The molecule has 1 saturated heterocycles. The number of hydrogen-bond donors (Lipinski definition) is 1. The molecule has 6 heteroatoms. The number of halogens is 3. The Hall–Kier alpha value is -1.01. The molecule has 1 unspecified atom stereocenters. The van der Waals surface area contributed by atoms with E-state index < -0.39 is 23.1 Å². The molecule has 21 heavy (non-hydrogen) atoms. The van der Waals surface area contributed by atoms with Crippen LogP contribution in [0.15, 0.2) is 16.6 Å². The van der Waals surface area contributed by atoms with E-state index in [9.17, 15) is 13.6 Å². The van der Waals surface area contributed by atoms with E-state index in [2.05, 4.69) is 21.2 Å². The van der Waals surface area contributed by atoms with Crippen molar-refractivity contribution in [3.63, 3.8) is 0 Å². The molecule has 1 heterocycles. The Morgan fingerprint density at radius 2 is 1.95 bits per heavy atom. The molecule has 1 aliphatic carbocycles. The van der Waals surface area contributed by atoms with Crippen molar-refractivity contribution in [1.29, 1.82) is 0 Å². The first kappa shape index (κ1) is 14.9. The molecule has 0 radical (unpaired) electrons. The largest absolute Gasteiger partial charge is 0.334 e. The second-order valence-corrected chi connectivity index (χ2v) is 6.64. The Kier molecular flexibility index (Phi) is 4.26. The van der Waals surface area contributed by atoms with Crippen molar-refractivity contribution in [1.82, 2.24) is 10.2 Å². The highest BCUT2D eigenvalue weighted by Gasteiger charge is 2.36. The zero-order valence-electron chi connectivity index (χ0n) is 11.5. The van der Waals surface area contributed by atoms with Gasteiger partial charge in [-0.05, 0) is 44.4 Å². The van der Waals surface area contributed by atoms with Gasteiger partial charge in [-0.2, -0.15) is 0 Å². The summed E-state index contributed by atoms with van der Waals surface area (Å²) in [5.41, 5.74) is -0.442. The van der Waals surface area contributed by atoms with Crippen molar-refractivity contribution in [2.24, 2.45) is 0 Å².